The molecule has 102 valence electrons. The van der Waals surface area contributed by atoms with E-state index in [9.17, 15) is 9.59 Å². The molecule has 0 saturated heterocycles. The fourth-order valence-corrected chi connectivity index (χ4v) is 1.91. The van der Waals surface area contributed by atoms with Crippen molar-refractivity contribution in [2.45, 2.75) is 19.5 Å². The predicted octanol–water partition coefficient (Wildman–Crippen LogP) is 0.978. The summed E-state index contributed by atoms with van der Waals surface area (Å²) in [6, 6.07) is 4.86. The average Bonchev–Trinajstić information content (AvgIpc) is 2.64. The molecule has 0 amide bonds. The minimum absolute atomic E-state index is 0.168. The van der Waals surface area contributed by atoms with Crippen molar-refractivity contribution in [2.75, 3.05) is 14.1 Å². The zero-order chi connectivity index (χ0) is 14.2. The lowest BCUT2D eigenvalue weighted by Crippen LogP contribution is -2.32. The number of nitrogens with zero attached hydrogens (tertiary/aromatic N) is 2. The number of aromatic amines is 1. The number of carboxylic acids is 1. The second kappa shape index (κ2) is 4.89. The number of aromatic nitrogens is 2. The number of aromatic carboxylic acids is 1. The van der Waals surface area contributed by atoms with E-state index in [0.717, 1.165) is 5.52 Å². The number of imidazole rings is 1. The number of carbonyl (C=O) groups is 1. The molecule has 0 spiro atoms. The Labute approximate surface area is 110 Å². The van der Waals surface area contributed by atoms with Crippen molar-refractivity contribution in [1.82, 2.24) is 14.5 Å². The molecule has 0 aliphatic heterocycles. The number of fused-ring (bicyclic) bond motifs is 1. The van der Waals surface area contributed by atoms with Gasteiger partial charge in [0.2, 0.25) is 0 Å². The van der Waals surface area contributed by atoms with Crippen molar-refractivity contribution >= 4 is 17.0 Å². The molecular weight excluding hydrogens is 246 g/mol. The fraction of sp³-hybridized carbons (Fsp3) is 0.385. The average molecular weight is 263 g/mol. The Morgan fingerprint density at radius 2 is 2.16 bits per heavy atom. The number of hydrogen-bond acceptors (Lipinski definition) is 3. The molecule has 1 unspecified atom stereocenters. The van der Waals surface area contributed by atoms with E-state index < -0.39 is 5.97 Å². The van der Waals surface area contributed by atoms with Crippen LogP contribution in [0.25, 0.3) is 11.0 Å². The fourth-order valence-electron chi connectivity index (χ4n) is 1.91. The Hall–Kier alpha value is -2.08. The van der Waals surface area contributed by atoms with Gasteiger partial charge in [-0.1, -0.05) is 0 Å². The van der Waals surface area contributed by atoms with E-state index in [1.807, 2.05) is 25.9 Å². The molecule has 0 aliphatic rings. The second-order valence-electron chi connectivity index (χ2n) is 4.89. The highest BCUT2D eigenvalue weighted by Crippen LogP contribution is 2.13. The molecule has 1 atom stereocenters. The monoisotopic (exact) mass is 263 g/mol. The van der Waals surface area contributed by atoms with Crippen LogP contribution in [0.3, 0.4) is 0 Å². The lowest BCUT2D eigenvalue weighted by atomic mass is 10.2. The molecule has 0 aliphatic carbocycles. The van der Waals surface area contributed by atoms with Crippen molar-refractivity contribution in [2.24, 2.45) is 0 Å². The number of hydrogen-bond donors (Lipinski definition) is 2. The Morgan fingerprint density at radius 1 is 1.47 bits per heavy atom. The van der Waals surface area contributed by atoms with Crippen LogP contribution in [0.2, 0.25) is 0 Å². The lowest BCUT2D eigenvalue weighted by molar-refractivity contribution is 0.0697. The van der Waals surface area contributed by atoms with Crippen molar-refractivity contribution < 1.29 is 9.90 Å². The molecule has 2 rings (SSSR count). The van der Waals surface area contributed by atoms with Crippen LogP contribution in [-0.2, 0) is 6.54 Å². The highest BCUT2D eigenvalue weighted by molar-refractivity contribution is 5.92. The topological polar surface area (TPSA) is 78.3 Å². The van der Waals surface area contributed by atoms with Gasteiger partial charge in [-0.05, 0) is 39.2 Å². The first kappa shape index (κ1) is 13.4. The molecule has 6 heteroatoms. The summed E-state index contributed by atoms with van der Waals surface area (Å²) in [5, 5.41) is 8.93. The molecule has 2 N–H and O–H groups in total. The number of benzene rings is 1. The van der Waals surface area contributed by atoms with Gasteiger partial charge in [-0.25, -0.2) is 9.59 Å². The van der Waals surface area contributed by atoms with Crippen LogP contribution in [0.1, 0.15) is 17.3 Å². The summed E-state index contributed by atoms with van der Waals surface area (Å²) in [7, 11) is 3.90. The summed E-state index contributed by atoms with van der Waals surface area (Å²) in [4.78, 5) is 27.5. The second-order valence-corrected chi connectivity index (χ2v) is 4.89. The summed E-state index contributed by atoms with van der Waals surface area (Å²) in [6.07, 6.45) is 0. The standard InChI is InChI=1S/C13H17N3O3/c1-8(15(2)3)7-16-11-5-4-9(12(17)18)6-10(11)14-13(16)19/h4-6,8H,7H2,1-3H3,(H,14,19)(H,17,18). The molecule has 0 fully saturated rings. The minimum atomic E-state index is -1.00. The van der Waals surface area contributed by atoms with Gasteiger partial charge in [-0.15, -0.1) is 0 Å². The number of carboxylic acid groups (broad SMARTS) is 1. The van der Waals surface area contributed by atoms with Gasteiger partial charge >= 0.3 is 11.7 Å². The van der Waals surface area contributed by atoms with Crippen LogP contribution in [-0.4, -0.2) is 45.7 Å². The van der Waals surface area contributed by atoms with E-state index in [2.05, 4.69) is 4.98 Å². The zero-order valence-electron chi connectivity index (χ0n) is 11.2. The minimum Gasteiger partial charge on any atom is -0.478 e. The number of nitrogens with one attached hydrogen (secondary N) is 1. The first-order valence-electron chi connectivity index (χ1n) is 6.02. The van der Waals surface area contributed by atoms with E-state index in [1.54, 1.807) is 10.6 Å². The van der Waals surface area contributed by atoms with Gasteiger partial charge < -0.3 is 15.0 Å². The normalized spacial score (nSPS) is 13.1. The lowest BCUT2D eigenvalue weighted by Gasteiger charge is -2.19. The highest BCUT2D eigenvalue weighted by atomic mass is 16.4. The van der Waals surface area contributed by atoms with Crippen LogP contribution < -0.4 is 5.69 Å². The molecule has 0 radical (unpaired) electrons. The number of rotatable bonds is 4. The third-order valence-electron chi connectivity index (χ3n) is 3.35. The van der Waals surface area contributed by atoms with Crippen molar-refractivity contribution in [1.29, 1.82) is 0 Å². The summed E-state index contributed by atoms with van der Waals surface area (Å²) in [6.45, 7) is 2.58. The maximum atomic E-state index is 11.9. The Morgan fingerprint density at radius 3 is 2.74 bits per heavy atom. The molecule has 1 aromatic carbocycles. The molecular formula is C13H17N3O3. The molecule has 2 aromatic rings. The third kappa shape index (κ3) is 2.53. The quantitative estimate of drug-likeness (QED) is 0.862. The zero-order valence-corrected chi connectivity index (χ0v) is 11.2. The highest BCUT2D eigenvalue weighted by Gasteiger charge is 2.13. The van der Waals surface area contributed by atoms with Crippen molar-refractivity contribution in [3.8, 4) is 0 Å². The SMILES string of the molecule is CC(Cn1c(=O)[nH]c2cc(C(=O)O)ccc21)N(C)C. The van der Waals surface area contributed by atoms with E-state index in [0.29, 0.717) is 12.1 Å². The first-order valence-corrected chi connectivity index (χ1v) is 6.02. The first-order chi connectivity index (χ1) is 8.90. The predicted molar refractivity (Wildman–Crippen MR) is 72.7 cm³/mol. The van der Waals surface area contributed by atoms with Gasteiger partial charge in [-0.2, -0.15) is 0 Å². The van der Waals surface area contributed by atoms with Crippen molar-refractivity contribution in [3.05, 3.63) is 34.2 Å². The van der Waals surface area contributed by atoms with E-state index >= 15 is 0 Å². The number of H-pyrrole nitrogens is 1. The van der Waals surface area contributed by atoms with Gasteiger partial charge in [-0.3, -0.25) is 4.57 Å². The Kier molecular flexibility index (Phi) is 3.44. The summed E-state index contributed by atoms with van der Waals surface area (Å²) < 4.78 is 1.63. The summed E-state index contributed by atoms with van der Waals surface area (Å²) in [5.74, 6) is -1.00. The van der Waals surface area contributed by atoms with Gasteiger partial charge in [0.15, 0.2) is 0 Å². The van der Waals surface area contributed by atoms with Crippen LogP contribution in [0.4, 0.5) is 0 Å². The molecule has 1 aromatic heterocycles. The van der Waals surface area contributed by atoms with E-state index in [4.69, 9.17) is 5.11 Å². The molecule has 19 heavy (non-hydrogen) atoms. The van der Waals surface area contributed by atoms with Crippen LogP contribution in [0.5, 0.6) is 0 Å². The smallest absolute Gasteiger partial charge is 0.335 e. The van der Waals surface area contributed by atoms with Crippen LogP contribution in [0.15, 0.2) is 23.0 Å². The summed E-state index contributed by atoms with van der Waals surface area (Å²) in [5.41, 5.74) is 1.23. The van der Waals surface area contributed by atoms with Gasteiger partial charge in [0.05, 0.1) is 16.6 Å². The van der Waals surface area contributed by atoms with Crippen LogP contribution in [0, 0.1) is 0 Å². The van der Waals surface area contributed by atoms with Gasteiger partial charge in [0.25, 0.3) is 0 Å². The van der Waals surface area contributed by atoms with Gasteiger partial charge in [0, 0.05) is 12.6 Å². The van der Waals surface area contributed by atoms with Crippen molar-refractivity contribution in [3.63, 3.8) is 0 Å². The maximum Gasteiger partial charge on any atom is 0.335 e. The Bertz CT molecular complexity index is 669. The maximum absolute atomic E-state index is 11.9. The van der Waals surface area contributed by atoms with Gasteiger partial charge in [0.1, 0.15) is 0 Å². The molecule has 6 nitrogen and oxygen atoms in total. The van der Waals surface area contributed by atoms with E-state index in [1.165, 1.54) is 12.1 Å². The largest absolute Gasteiger partial charge is 0.478 e. The molecule has 0 bridgehead atoms. The Balaban J connectivity index is 2.48. The number of likely N-dealkylation sites (N-methyl/N-ethyl adjacent to an activating group) is 1. The van der Waals surface area contributed by atoms with E-state index in [-0.39, 0.29) is 17.3 Å². The third-order valence-corrected chi connectivity index (χ3v) is 3.35. The van der Waals surface area contributed by atoms with Crippen LogP contribution >= 0.6 is 0 Å². The molecule has 0 saturated carbocycles. The summed E-state index contributed by atoms with van der Waals surface area (Å²) >= 11 is 0. The molecule has 1 heterocycles.